The normalized spacial score (nSPS) is 24.0. The van der Waals surface area contributed by atoms with E-state index < -0.39 is 0 Å². The summed E-state index contributed by atoms with van der Waals surface area (Å²) in [6, 6.07) is 6.30. The Kier molecular flexibility index (Phi) is 3.15. The van der Waals surface area contributed by atoms with Crippen molar-refractivity contribution in [2.45, 2.75) is 32.2 Å². The number of rotatable bonds is 3. The second kappa shape index (κ2) is 5.15. The maximum atomic E-state index is 5.53. The Morgan fingerprint density at radius 2 is 2.33 bits per heavy atom. The van der Waals surface area contributed by atoms with Crippen LogP contribution in [0.4, 0.5) is 0 Å². The van der Waals surface area contributed by atoms with E-state index in [1.54, 1.807) is 0 Å². The van der Waals surface area contributed by atoms with Crippen LogP contribution in [0.15, 0.2) is 22.7 Å². The first-order valence-electron chi connectivity index (χ1n) is 7.66. The lowest BCUT2D eigenvalue weighted by atomic mass is 10.0. The van der Waals surface area contributed by atoms with E-state index in [4.69, 9.17) is 9.26 Å². The summed E-state index contributed by atoms with van der Waals surface area (Å²) in [5.41, 5.74) is 2.23. The molecule has 0 amide bonds. The number of nitrogens with one attached hydrogen (secondary N) is 1. The number of nitrogens with zero attached hydrogens (tertiary/aromatic N) is 2. The van der Waals surface area contributed by atoms with Gasteiger partial charge in [0.25, 0.3) is 0 Å². The van der Waals surface area contributed by atoms with Gasteiger partial charge in [-0.2, -0.15) is 4.98 Å². The molecule has 5 heteroatoms. The Morgan fingerprint density at radius 3 is 3.19 bits per heavy atom. The number of hydrogen-bond donors (Lipinski definition) is 1. The standard InChI is InChI=1S/C16H19N3O2/c1-2-10-7-13(17-9-10)16-18-15(19-21-16)12-3-4-14-11(8-12)5-6-20-14/h3-4,8,10,13,17H,2,5-7,9H2,1H3/t10-,13-/m0/s1. The van der Waals surface area contributed by atoms with E-state index >= 15 is 0 Å². The van der Waals surface area contributed by atoms with Gasteiger partial charge >= 0.3 is 0 Å². The van der Waals surface area contributed by atoms with E-state index in [0.29, 0.717) is 17.6 Å². The highest BCUT2D eigenvalue weighted by atomic mass is 16.5. The molecule has 1 saturated heterocycles. The molecule has 4 rings (SSSR count). The monoisotopic (exact) mass is 285 g/mol. The van der Waals surface area contributed by atoms with Crippen LogP contribution >= 0.6 is 0 Å². The van der Waals surface area contributed by atoms with E-state index in [1.807, 2.05) is 12.1 Å². The molecule has 0 saturated carbocycles. The maximum Gasteiger partial charge on any atom is 0.244 e. The van der Waals surface area contributed by atoms with Crippen molar-refractivity contribution < 1.29 is 9.26 Å². The predicted octanol–water partition coefficient (Wildman–Crippen LogP) is 2.73. The molecule has 0 spiro atoms. The van der Waals surface area contributed by atoms with Crippen LogP contribution in [-0.2, 0) is 6.42 Å². The summed E-state index contributed by atoms with van der Waals surface area (Å²) in [5, 5.41) is 7.60. The van der Waals surface area contributed by atoms with Gasteiger partial charge in [-0.25, -0.2) is 0 Å². The minimum absolute atomic E-state index is 0.203. The number of aromatic nitrogens is 2. The molecular formula is C16H19N3O2. The van der Waals surface area contributed by atoms with Crippen LogP contribution in [0.5, 0.6) is 5.75 Å². The van der Waals surface area contributed by atoms with Gasteiger partial charge in [0, 0.05) is 12.0 Å². The highest BCUT2D eigenvalue weighted by Gasteiger charge is 2.28. The Bertz CT molecular complexity index is 653. The molecule has 110 valence electrons. The average Bonchev–Trinajstić information content (AvgIpc) is 3.24. The highest BCUT2D eigenvalue weighted by molar-refractivity contribution is 5.59. The summed E-state index contributed by atoms with van der Waals surface area (Å²) in [7, 11) is 0. The fourth-order valence-corrected chi connectivity index (χ4v) is 3.13. The predicted molar refractivity (Wildman–Crippen MR) is 78.1 cm³/mol. The molecule has 2 atom stereocenters. The molecule has 21 heavy (non-hydrogen) atoms. The third-order valence-electron chi connectivity index (χ3n) is 4.49. The summed E-state index contributed by atoms with van der Waals surface area (Å²) in [6.07, 6.45) is 3.22. The lowest BCUT2D eigenvalue weighted by Gasteiger charge is -2.03. The molecule has 0 unspecified atom stereocenters. The van der Waals surface area contributed by atoms with E-state index in [1.165, 1.54) is 12.0 Å². The van der Waals surface area contributed by atoms with Crippen molar-refractivity contribution in [3.05, 3.63) is 29.7 Å². The lowest BCUT2D eigenvalue weighted by Crippen LogP contribution is -2.13. The van der Waals surface area contributed by atoms with Crippen molar-refractivity contribution >= 4 is 0 Å². The zero-order chi connectivity index (χ0) is 14.2. The van der Waals surface area contributed by atoms with E-state index in [9.17, 15) is 0 Å². The van der Waals surface area contributed by atoms with Crippen molar-refractivity contribution in [2.24, 2.45) is 5.92 Å². The molecule has 5 nitrogen and oxygen atoms in total. The third kappa shape index (κ3) is 2.31. The summed E-state index contributed by atoms with van der Waals surface area (Å²) in [6.45, 7) is 4.02. The van der Waals surface area contributed by atoms with Gasteiger partial charge in [-0.1, -0.05) is 18.5 Å². The quantitative estimate of drug-likeness (QED) is 0.939. The number of fused-ring (bicyclic) bond motifs is 1. The van der Waals surface area contributed by atoms with Crippen LogP contribution in [0.3, 0.4) is 0 Å². The molecule has 0 radical (unpaired) electrons. The summed E-state index contributed by atoms with van der Waals surface area (Å²) in [4.78, 5) is 4.58. The lowest BCUT2D eigenvalue weighted by molar-refractivity contribution is 0.341. The molecule has 1 aromatic carbocycles. The van der Waals surface area contributed by atoms with E-state index in [2.05, 4.69) is 28.4 Å². The summed E-state index contributed by atoms with van der Waals surface area (Å²) in [5.74, 6) is 3.06. The van der Waals surface area contributed by atoms with Gasteiger partial charge in [-0.15, -0.1) is 0 Å². The van der Waals surface area contributed by atoms with E-state index in [-0.39, 0.29) is 6.04 Å². The zero-order valence-electron chi connectivity index (χ0n) is 12.1. The van der Waals surface area contributed by atoms with Crippen molar-refractivity contribution in [1.29, 1.82) is 0 Å². The number of ether oxygens (including phenoxy) is 1. The van der Waals surface area contributed by atoms with Crippen molar-refractivity contribution in [3.63, 3.8) is 0 Å². The Labute approximate surface area is 123 Å². The van der Waals surface area contributed by atoms with Gasteiger partial charge in [-0.05, 0) is 42.6 Å². The van der Waals surface area contributed by atoms with Crippen molar-refractivity contribution in [1.82, 2.24) is 15.5 Å². The Hall–Kier alpha value is -1.88. The Balaban J connectivity index is 1.57. The first-order valence-corrected chi connectivity index (χ1v) is 7.66. The van der Waals surface area contributed by atoms with Gasteiger partial charge in [0.15, 0.2) is 0 Å². The average molecular weight is 285 g/mol. The van der Waals surface area contributed by atoms with Crippen LogP contribution < -0.4 is 10.1 Å². The molecule has 2 aliphatic heterocycles. The maximum absolute atomic E-state index is 5.53. The van der Waals surface area contributed by atoms with E-state index in [0.717, 1.165) is 37.3 Å². The molecular weight excluding hydrogens is 266 g/mol. The third-order valence-corrected chi connectivity index (χ3v) is 4.49. The van der Waals surface area contributed by atoms with Crippen LogP contribution in [0.1, 0.15) is 37.3 Å². The second-order valence-electron chi connectivity index (χ2n) is 5.85. The minimum atomic E-state index is 0.203. The molecule has 1 N–H and O–H groups in total. The molecule has 2 aliphatic rings. The first kappa shape index (κ1) is 12.8. The first-order chi connectivity index (χ1) is 10.3. The largest absolute Gasteiger partial charge is 0.493 e. The number of benzene rings is 1. The van der Waals surface area contributed by atoms with Crippen LogP contribution in [0.2, 0.25) is 0 Å². The topological polar surface area (TPSA) is 60.2 Å². The highest BCUT2D eigenvalue weighted by Crippen LogP contribution is 2.31. The van der Waals surface area contributed by atoms with Gasteiger partial charge in [-0.3, -0.25) is 0 Å². The molecule has 1 fully saturated rings. The number of hydrogen-bond acceptors (Lipinski definition) is 5. The van der Waals surface area contributed by atoms with Gasteiger partial charge in [0.2, 0.25) is 11.7 Å². The van der Waals surface area contributed by atoms with Crippen LogP contribution in [0.25, 0.3) is 11.4 Å². The molecule has 0 aliphatic carbocycles. The van der Waals surface area contributed by atoms with Crippen molar-refractivity contribution in [2.75, 3.05) is 13.2 Å². The zero-order valence-corrected chi connectivity index (χ0v) is 12.1. The molecule has 0 bridgehead atoms. The van der Waals surface area contributed by atoms with Crippen LogP contribution in [0, 0.1) is 5.92 Å². The Morgan fingerprint density at radius 1 is 1.38 bits per heavy atom. The fraction of sp³-hybridized carbons (Fsp3) is 0.500. The molecule has 1 aromatic heterocycles. The van der Waals surface area contributed by atoms with Gasteiger partial charge in [0.05, 0.1) is 12.6 Å². The fourth-order valence-electron chi connectivity index (χ4n) is 3.13. The van der Waals surface area contributed by atoms with Gasteiger partial charge < -0.3 is 14.6 Å². The molecule has 2 aromatic rings. The second-order valence-corrected chi connectivity index (χ2v) is 5.85. The SMILES string of the molecule is CC[C@@H]1CN[C@H](c2nc(-c3ccc4c(c3)CCO4)no2)C1. The van der Waals surface area contributed by atoms with Crippen molar-refractivity contribution in [3.8, 4) is 17.1 Å². The molecule has 3 heterocycles. The summed E-state index contributed by atoms with van der Waals surface area (Å²) >= 11 is 0. The summed E-state index contributed by atoms with van der Waals surface area (Å²) < 4.78 is 11.0. The van der Waals surface area contributed by atoms with Gasteiger partial charge in [0.1, 0.15) is 5.75 Å². The minimum Gasteiger partial charge on any atom is -0.493 e. The van der Waals surface area contributed by atoms with Crippen LogP contribution in [-0.4, -0.2) is 23.3 Å². The smallest absolute Gasteiger partial charge is 0.244 e.